The molecule has 1 aromatic heterocycles. The maximum atomic E-state index is 11.2. The Balaban J connectivity index is 2.80. The summed E-state index contributed by atoms with van der Waals surface area (Å²) in [5.74, 6) is 0.410. The van der Waals surface area contributed by atoms with Gasteiger partial charge in [0, 0.05) is 7.05 Å². The standard InChI is InChI=1S/C6H5N4O/c1-10-3-9-5-4(6(10)11)7-2-8-5/h2-3H,1H3. The van der Waals surface area contributed by atoms with Crippen molar-refractivity contribution in [3.8, 4) is 0 Å². The highest BCUT2D eigenvalue weighted by Crippen LogP contribution is 2.19. The number of nitrogens with zero attached hydrogens (tertiary/aromatic N) is 4. The van der Waals surface area contributed by atoms with Crippen LogP contribution in [0.2, 0.25) is 0 Å². The van der Waals surface area contributed by atoms with Crippen molar-refractivity contribution in [2.45, 2.75) is 0 Å². The Morgan fingerprint density at radius 3 is 3.18 bits per heavy atom. The zero-order chi connectivity index (χ0) is 7.84. The molecule has 0 saturated heterocycles. The lowest BCUT2D eigenvalue weighted by Crippen LogP contribution is -2.16. The second kappa shape index (κ2) is 1.91. The first-order valence-electron chi connectivity index (χ1n) is 3.08. The molecular formula is C6H5N4O. The Hall–Kier alpha value is -1.65. The van der Waals surface area contributed by atoms with E-state index in [1.165, 1.54) is 17.2 Å². The minimum atomic E-state index is -0.160. The van der Waals surface area contributed by atoms with Crippen LogP contribution >= 0.6 is 0 Å². The summed E-state index contributed by atoms with van der Waals surface area (Å²) in [7, 11) is 1.63. The fourth-order valence-corrected chi connectivity index (χ4v) is 0.866. The highest BCUT2D eigenvalue weighted by molar-refractivity contribution is 5.78. The summed E-state index contributed by atoms with van der Waals surface area (Å²) < 4.78 is 1.37. The molecule has 5 heteroatoms. The lowest BCUT2D eigenvalue weighted by Gasteiger charge is -1.96. The molecule has 55 valence electrons. The van der Waals surface area contributed by atoms with Gasteiger partial charge in [-0.3, -0.25) is 4.79 Å². The molecule has 11 heavy (non-hydrogen) atoms. The van der Waals surface area contributed by atoms with Gasteiger partial charge in [-0.1, -0.05) is 0 Å². The summed E-state index contributed by atoms with van der Waals surface area (Å²) in [6.45, 7) is 0. The zero-order valence-corrected chi connectivity index (χ0v) is 5.85. The monoisotopic (exact) mass is 149 g/mol. The summed E-state index contributed by atoms with van der Waals surface area (Å²) in [4.78, 5) is 18.9. The van der Waals surface area contributed by atoms with E-state index in [-0.39, 0.29) is 5.56 Å². The van der Waals surface area contributed by atoms with Gasteiger partial charge in [-0.25, -0.2) is 15.3 Å². The quantitative estimate of drug-likeness (QED) is 0.508. The van der Waals surface area contributed by atoms with Crippen LogP contribution in [0, 0.1) is 0 Å². The molecule has 0 saturated carbocycles. The average molecular weight is 149 g/mol. The van der Waals surface area contributed by atoms with E-state index in [0.717, 1.165) is 0 Å². The van der Waals surface area contributed by atoms with Crippen molar-refractivity contribution in [2.75, 3.05) is 0 Å². The molecule has 0 fully saturated rings. The van der Waals surface area contributed by atoms with Crippen molar-refractivity contribution < 1.29 is 0 Å². The number of fused-ring (bicyclic) bond motifs is 1. The summed E-state index contributed by atoms with van der Waals surface area (Å²) in [5, 5.41) is 3.79. The number of hydrogen-bond donors (Lipinski definition) is 0. The zero-order valence-electron chi connectivity index (χ0n) is 5.85. The molecule has 1 aromatic rings. The normalized spacial score (nSPS) is 12.8. The number of hydrogen-bond acceptors (Lipinski definition) is 3. The molecule has 0 atom stereocenters. The lowest BCUT2D eigenvalue weighted by molar-refractivity contribution is 0.825. The van der Waals surface area contributed by atoms with E-state index in [4.69, 9.17) is 0 Å². The smallest absolute Gasteiger partial charge is 0.281 e. The van der Waals surface area contributed by atoms with Gasteiger partial charge in [0.2, 0.25) is 0 Å². The Kier molecular flexibility index (Phi) is 1.06. The number of aryl methyl sites for hydroxylation is 1. The molecule has 0 bridgehead atoms. The number of rotatable bonds is 0. The van der Waals surface area contributed by atoms with E-state index in [1.807, 2.05) is 0 Å². The van der Waals surface area contributed by atoms with Gasteiger partial charge in [-0.05, 0) is 0 Å². The minimum Gasteiger partial charge on any atom is -0.300 e. The second-order valence-electron chi connectivity index (χ2n) is 2.21. The molecule has 0 unspecified atom stereocenters. The predicted octanol–water partition coefficient (Wildman–Crippen LogP) is -0.310. The summed E-state index contributed by atoms with van der Waals surface area (Å²) >= 11 is 0. The first-order chi connectivity index (χ1) is 5.29. The Morgan fingerprint density at radius 2 is 2.36 bits per heavy atom. The highest BCUT2D eigenvalue weighted by atomic mass is 16.1. The maximum absolute atomic E-state index is 11.2. The van der Waals surface area contributed by atoms with Gasteiger partial charge >= 0.3 is 0 Å². The maximum Gasteiger partial charge on any atom is 0.281 e. The minimum absolute atomic E-state index is 0.160. The fraction of sp³-hybridized carbons (Fsp3) is 0.167. The van der Waals surface area contributed by atoms with E-state index in [0.29, 0.717) is 11.5 Å². The molecule has 1 aliphatic heterocycles. The van der Waals surface area contributed by atoms with Gasteiger partial charge in [-0.15, -0.1) is 0 Å². The molecule has 0 aliphatic carbocycles. The highest BCUT2D eigenvalue weighted by Gasteiger charge is 2.13. The van der Waals surface area contributed by atoms with E-state index < -0.39 is 0 Å². The molecule has 0 amide bonds. The van der Waals surface area contributed by atoms with Crippen LogP contribution in [0.25, 0.3) is 0 Å². The van der Waals surface area contributed by atoms with Crippen LogP contribution in [0.15, 0.2) is 16.1 Å². The molecule has 5 nitrogen and oxygen atoms in total. The number of aromatic nitrogens is 2. The first kappa shape index (κ1) is 6.09. The van der Waals surface area contributed by atoms with Gasteiger partial charge in [0.25, 0.3) is 5.56 Å². The third-order valence-corrected chi connectivity index (χ3v) is 1.45. The third kappa shape index (κ3) is 0.739. The third-order valence-electron chi connectivity index (χ3n) is 1.45. The van der Waals surface area contributed by atoms with Crippen LogP contribution in [0.5, 0.6) is 0 Å². The van der Waals surface area contributed by atoms with E-state index in [9.17, 15) is 4.79 Å². The fourth-order valence-electron chi connectivity index (χ4n) is 0.866. The molecule has 0 aromatic carbocycles. The summed E-state index contributed by atoms with van der Waals surface area (Å²) in [6, 6.07) is 0. The summed E-state index contributed by atoms with van der Waals surface area (Å²) in [5.41, 5.74) is 0.169. The topological polar surface area (TPSA) is 61.4 Å². The molecule has 2 rings (SSSR count). The molecule has 0 spiro atoms. The second-order valence-corrected chi connectivity index (χ2v) is 2.21. The summed E-state index contributed by atoms with van der Waals surface area (Å²) in [6.07, 6.45) is 2.76. The van der Waals surface area contributed by atoms with Gasteiger partial charge in [0.1, 0.15) is 6.34 Å². The first-order valence-corrected chi connectivity index (χ1v) is 3.08. The van der Waals surface area contributed by atoms with Gasteiger partial charge in [-0.2, -0.15) is 0 Å². The Labute approximate surface area is 62.4 Å². The van der Waals surface area contributed by atoms with E-state index >= 15 is 0 Å². The van der Waals surface area contributed by atoms with Crippen molar-refractivity contribution in [3.05, 3.63) is 16.7 Å². The SMILES string of the molecule is Cn1cnc2c(c1=O)N=C[N]2. The molecule has 0 N–H and O–H groups in total. The van der Waals surface area contributed by atoms with Gasteiger partial charge in [0.05, 0.1) is 6.33 Å². The largest absolute Gasteiger partial charge is 0.300 e. The lowest BCUT2D eigenvalue weighted by atomic mass is 10.5. The van der Waals surface area contributed by atoms with Crippen LogP contribution in [-0.2, 0) is 7.05 Å². The van der Waals surface area contributed by atoms with E-state index in [1.54, 1.807) is 7.05 Å². The van der Waals surface area contributed by atoms with Crippen molar-refractivity contribution in [1.29, 1.82) is 0 Å². The average Bonchev–Trinajstić information content (AvgIpc) is 2.45. The van der Waals surface area contributed by atoms with Crippen molar-refractivity contribution >= 4 is 17.8 Å². The van der Waals surface area contributed by atoms with Crippen molar-refractivity contribution in [2.24, 2.45) is 12.0 Å². The van der Waals surface area contributed by atoms with Gasteiger partial charge in [0.15, 0.2) is 11.5 Å². The Morgan fingerprint density at radius 1 is 1.55 bits per heavy atom. The molecule has 1 aliphatic rings. The van der Waals surface area contributed by atoms with Crippen LogP contribution in [0.1, 0.15) is 0 Å². The van der Waals surface area contributed by atoms with Crippen LogP contribution in [0.4, 0.5) is 11.5 Å². The molecular weight excluding hydrogens is 144 g/mol. The van der Waals surface area contributed by atoms with Crippen LogP contribution in [0.3, 0.4) is 0 Å². The van der Waals surface area contributed by atoms with Crippen molar-refractivity contribution in [3.63, 3.8) is 0 Å². The number of aliphatic imine (C=N–C) groups is 1. The predicted molar refractivity (Wildman–Crippen MR) is 39.4 cm³/mol. The molecule has 2 heterocycles. The van der Waals surface area contributed by atoms with Gasteiger partial charge < -0.3 is 4.57 Å². The van der Waals surface area contributed by atoms with Crippen LogP contribution < -0.4 is 10.9 Å². The van der Waals surface area contributed by atoms with E-state index in [2.05, 4.69) is 15.3 Å². The Bertz CT molecular complexity index is 379. The van der Waals surface area contributed by atoms with Crippen LogP contribution in [-0.4, -0.2) is 15.9 Å². The molecule has 1 radical (unpaired) electrons. The van der Waals surface area contributed by atoms with Crippen molar-refractivity contribution in [1.82, 2.24) is 14.9 Å².